The molecule has 0 saturated carbocycles. The molecule has 16 heavy (non-hydrogen) atoms. The molecule has 4 heteroatoms. The first-order chi connectivity index (χ1) is 7.43. The molecule has 3 N–H and O–H groups in total. The normalized spacial score (nSPS) is 14.6. The van der Waals surface area contributed by atoms with E-state index in [2.05, 4.69) is 5.32 Å². The van der Waals surface area contributed by atoms with Gasteiger partial charge in [0, 0.05) is 18.9 Å². The van der Waals surface area contributed by atoms with Crippen LogP contribution in [0.1, 0.15) is 40.0 Å². The van der Waals surface area contributed by atoms with E-state index in [0.717, 1.165) is 6.42 Å². The monoisotopic (exact) mass is 228 g/mol. The Labute approximate surface area is 98.0 Å². The Morgan fingerprint density at radius 3 is 2.12 bits per heavy atom. The Kier molecular flexibility index (Phi) is 6.77. The molecular formula is C12H24N2O2. The van der Waals surface area contributed by atoms with Gasteiger partial charge < -0.3 is 11.1 Å². The maximum atomic E-state index is 11.7. The molecule has 0 aliphatic heterocycles. The van der Waals surface area contributed by atoms with Gasteiger partial charge in [-0.1, -0.05) is 27.2 Å². The minimum atomic E-state index is -0.365. The Balaban J connectivity index is 4.80. The lowest BCUT2D eigenvalue weighted by Crippen LogP contribution is -2.39. The van der Waals surface area contributed by atoms with Gasteiger partial charge >= 0.3 is 0 Å². The van der Waals surface area contributed by atoms with Gasteiger partial charge in [0.25, 0.3) is 0 Å². The van der Waals surface area contributed by atoms with Gasteiger partial charge in [-0.2, -0.15) is 0 Å². The minimum Gasteiger partial charge on any atom is -0.369 e. The topological polar surface area (TPSA) is 72.2 Å². The summed E-state index contributed by atoms with van der Waals surface area (Å²) in [5.41, 5.74) is 5.37. The minimum absolute atomic E-state index is 0.0778. The van der Waals surface area contributed by atoms with Crippen molar-refractivity contribution in [3.63, 3.8) is 0 Å². The fourth-order valence-corrected chi connectivity index (χ4v) is 2.00. The standard InChI is InChI=1S/C12H24N2O2/c1-5-6-9(11(13)15)10(7-8(2)3)12(16)14-4/h8-10H,5-7H2,1-4H3,(H2,13,15)(H,14,16)/t9-,10?/m0/s1. The second-order valence-electron chi connectivity index (χ2n) is 4.65. The molecule has 0 bridgehead atoms. The lowest BCUT2D eigenvalue weighted by atomic mass is 9.81. The second kappa shape index (κ2) is 7.25. The number of amides is 2. The Hall–Kier alpha value is -1.06. The highest BCUT2D eigenvalue weighted by molar-refractivity contribution is 5.86. The maximum absolute atomic E-state index is 11.7. The smallest absolute Gasteiger partial charge is 0.223 e. The van der Waals surface area contributed by atoms with Crippen molar-refractivity contribution >= 4 is 11.8 Å². The first-order valence-electron chi connectivity index (χ1n) is 5.94. The number of carbonyl (C=O) groups excluding carboxylic acids is 2. The van der Waals surface area contributed by atoms with Gasteiger partial charge in [0.15, 0.2) is 0 Å². The zero-order valence-corrected chi connectivity index (χ0v) is 10.7. The van der Waals surface area contributed by atoms with E-state index < -0.39 is 0 Å². The summed E-state index contributed by atoms with van der Waals surface area (Å²) in [6.07, 6.45) is 2.24. The van der Waals surface area contributed by atoms with E-state index in [1.54, 1.807) is 7.05 Å². The van der Waals surface area contributed by atoms with Gasteiger partial charge in [-0.05, 0) is 18.8 Å². The van der Waals surface area contributed by atoms with Crippen LogP contribution in [0.15, 0.2) is 0 Å². The molecule has 4 nitrogen and oxygen atoms in total. The molecule has 1 unspecified atom stereocenters. The third-order valence-electron chi connectivity index (χ3n) is 2.76. The summed E-state index contributed by atoms with van der Waals surface area (Å²) in [4.78, 5) is 23.1. The van der Waals surface area contributed by atoms with Crippen LogP contribution in [0.4, 0.5) is 0 Å². The van der Waals surface area contributed by atoms with Crippen LogP contribution < -0.4 is 11.1 Å². The lowest BCUT2D eigenvalue weighted by Gasteiger charge is -2.24. The predicted molar refractivity (Wildman–Crippen MR) is 64.6 cm³/mol. The Morgan fingerprint density at radius 2 is 1.81 bits per heavy atom. The highest BCUT2D eigenvalue weighted by Gasteiger charge is 2.31. The number of rotatable bonds is 7. The van der Waals surface area contributed by atoms with Gasteiger partial charge in [0.05, 0.1) is 0 Å². The highest BCUT2D eigenvalue weighted by atomic mass is 16.2. The van der Waals surface area contributed by atoms with Crippen LogP contribution >= 0.6 is 0 Å². The van der Waals surface area contributed by atoms with Crippen LogP contribution in [-0.2, 0) is 9.59 Å². The second-order valence-corrected chi connectivity index (χ2v) is 4.65. The average molecular weight is 228 g/mol. The molecule has 0 saturated heterocycles. The summed E-state index contributed by atoms with van der Waals surface area (Å²) < 4.78 is 0. The first kappa shape index (κ1) is 14.9. The maximum Gasteiger partial charge on any atom is 0.223 e. The van der Waals surface area contributed by atoms with E-state index >= 15 is 0 Å². The molecule has 94 valence electrons. The molecule has 0 spiro atoms. The van der Waals surface area contributed by atoms with Gasteiger partial charge in [0.1, 0.15) is 0 Å². The zero-order chi connectivity index (χ0) is 12.7. The van der Waals surface area contributed by atoms with Crippen molar-refractivity contribution in [2.24, 2.45) is 23.5 Å². The third kappa shape index (κ3) is 4.64. The summed E-state index contributed by atoms with van der Waals surface area (Å²) in [5.74, 6) is -0.696. The van der Waals surface area contributed by atoms with Crippen molar-refractivity contribution in [2.45, 2.75) is 40.0 Å². The summed E-state index contributed by atoms with van der Waals surface area (Å²) in [6.45, 7) is 6.08. The number of nitrogens with one attached hydrogen (secondary N) is 1. The van der Waals surface area contributed by atoms with Crippen molar-refractivity contribution in [2.75, 3.05) is 7.05 Å². The largest absolute Gasteiger partial charge is 0.369 e. The predicted octanol–water partition coefficient (Wildman–Crippen LogP) is 1.30. The van der Waals surface area contributed by atoms with E-state index in [1.807, 2.05) is 20.8 Å². The van der Waals surface area contributed by atoms with Gasteiger partial charge in [-0.3, -0.25) is 9.59 Å². The highest BCUT2D eigenvalue weighted by Crippen LogP contribution is 2.24. The molecule has 0 aliphatic carbocycles. The van der Waals surface area contributed by atoms with Crippen LogP contribution in [0.25, 0.3) is 0 Å². The van der Waals surface area contributed by atoms with Crippen molar-refractivity contribution < 1.29 is 9.59 Å². The van der Waals surface area contributed by atoms with E-state index in [-0.39, 0.29) is 23.7 Å². The molecular weight excluding hydrogens is 204 g/mol. The molecule has 0 aliphatic rings. The van der Waals surface area contributed by atoms with Crippen LogP contribution in [0.5, 0.6) is 0 Å². The number of hydrogen-bond acceptors (Lipinski definition) is 2. The van der Waals surface area contributed by atoms with Crippen LogP contribution in [0.3, 0.4) is 0 Å². The summed E-state index contributed by atoms with van der Waals surface area (Å²) in [6, 6.07) is 0. The summed E-state index contributed by atoms with van der Waals surface area (Å²) in [5, 5.41) is 2.62. The molecule has 2 atom stereocenters. The number of carbonyl (C=O) groups is 2. The van der Waals surface area contributed by atoms with E-state index in [0.29, 0.717) is 18.8 Å². The molecule has 0 heterocycles. The SMILES string of the molecule is CCC[C@H](C(N)=O)C(CC(C)C)C(=O)NC. The van der Waals surface area contributed by atoms with Gasteiger partial charge in [-0.25, -0.2) is 0 Å². The number of nitrogens with two attached hydrogens (primary N) is 1. The van der Waals surface area contributed by atoms with Crippen molar-refractivity contribution in [1.29, 1.82) is 0 Å². The molecule has 0 aromatic carbocycles. The quantitative estimate of drug-likeness (QED) is 0.689. The zero-order valence-electron chi connectivity index (χ0n) is 10.7. The van der Waals surface area contributed by atoms with Crippen LogP contribution in [0, 0.1) is 17.8 Å². The average Bonchev–Trinajstić information content (AvgIpc) is 2.21. The molecule has 0 aromatic rings. The fraction of sp³-hybridized carbons (Fsp3) is 0.833. The van der Waals surface area contributed by atoms with Crippen LogP contribution in [0.2, 0.25) is 0 Å². The molecule has 2 amide bonds. The van der Waals surface area contributed by atoms with Crippen molar-refractivity contribution in [3.05, 3.63) is 0 Å². The van der Waals surface area contributed by atoms with Gasteiger partial charge in [-0.15, -0.1) is 0 Å². The Bertz CT molecular complexity index is 239. The fourth-order valence-electron chi connectivity index (χ4n) is 2.00. The summed E-state index contributed by atoms with van der Waals surface area (Å²) >= 11 is 0. The lowest BCUT2D eigenvalue weighted by molar-refractivity contribution is -0.133. The van der Waals surface area contributed by atoms with Crippen LogP contribution in [-0.4, -0.2) is 18.9 Å². The number of hydrogen-bond donors (Lipinski definition) is 2. The molecule has 0 rings (SSSR count). The van der Waals surface area contributed by atoms with E-state index in [9.17, 15) is 9.59 Å². The van der Waals surface area contributed by atoms with Crippen molar-refractivity contribution in [3.8, 4) is 0 Å². The van der Waals surface area contributed by atoms with Gasteiger partial charge in [0.2, 0.25) is 11.8 Å². The van der Waals surface area contributed by atoms with E-state index in [4.69, 9.17) is 5.73 Å². The summed E-state index contributed by atoms with van der Waals surface area (Å²) in [7, 11) is 1.60. The number of primary amides is 1. The molecule has 0 radical (unpaired) electrons. The Morgan fingerprint density at radius 1 is 1.25 bits per heavy atom. The first-order valence-corrected chi connectivity index (χ1v) is 5.94. The van der Waals surface area contributed by atoms with Crippen molar-refractivity contribution in [1.82, 2.24) is 5.32 Å². The molecule has 0 fully saturated rings. The molecule has 0 aromatic heterocycles. The third-order valence-corrected chi connectivity index (χ3v) is 2.76. The van der Waals surface area contributed by atoms with E-state index in [1.165, 1.54) is 0 Å².